The van der Waals surface area contributed by atoms with E-state index < -0.39 is 0 Å². The molecular formula is C22H23NO6. The molecule has 0 aliphatic carbocycles. The van der Waals surface area contributed by atoms with Crippen LogP contribution >= 0.6 is 0 Å². The van der Waals surface area contributed by atoms with Gasteiger partial charge in [-0.25, -0.2) is 0 Å². The van der Waals surface area contributed by atoms with Crippen molar-refractivity contribution in [3.63, 3.8) is 0 Å². The van der Waals surface area contributed by atoms with E-state index in [1.165, 1.54) is 27.4 Å². The highest BCUT2D eigenvalue weighted by molar-refractivity contribution is 6.08. The lowest BCUT2D eigenvalue weighted by Crippen LogP contribution is -2.00. The average Bonchev–Trinajstić information content (AvgIpc) is 3.16. The summed E-state index contributed by atoms with van der Waals surface area (Å²) >= 11 is 0. The molecule has 0 amide bonds. The molecule has 0 aliphatic heterocycles. The van der Waals surface area contributed by atoms with Crippen molar-refractivity contribution in [3.05, 3.63) is 47.7 Å². The lowest BCUT2D eigenvalue weighted by molar-refractivity contribution is 0.104. The number of nitrogens with one attached hydrogen (secondary N) is 1. The first-order chi connectivity index (χ1) is 14.1. The highest BCUT2D eigenvalue weighted by Crippen LogP contribution is 2.38. The van der Waals surface area contributed by atoms with E-state index in [9.17, 15) is 4.79 Å². The molecule has 2 aromatic carbocycles. The maximum absolute atomic E-state index is 12.7. The summed E-state index contributed by atoms with van der Waals surface area (Å²) in [7, 11) is 7.70. The molecule has 0 aliphatic rings. The van der Waals surface area contributed by atoms with Gasteiger partial charge < -0.3 is 28.7 Å². The highest BCUT2D eigenvalue weighted by Gasteiger charge is 2.16. The molecule has 0 unspecified atom stereocenters. The van der Waals surface area contributed by atoms with Crippen LogP contribution in [-0.2, 0) is 0 Å². The average molecular weight is 397 g/mol. The van der Waals surface area contributed by atoms with Gasteiger partial charge in [-0.3, -0.25) is 4.79 Å². The van der Waals surface area contributed by atoms with Crippen LogP contribution in [-0.4, -0.2) is 46.3 Å². The number of allylic oxidation sites excluding steroid dienone is 1. The highest BCUT2D eigenvalue weighted by atomic mass is 16.5. The van der Waals surface area contributed by atoms with Crippen LogP contribution < -0.4 is 23.7 Å². The SMILES string of the molecule is COc1cc2[nH]cc(C=CC(=O)c3cc(OC)c(OC)c(OC)c3)c2cc1OC. The van der Waals surface area contributed by atoms with Crippen molar-refractivity contribution in [2.45, 2.75) is 0 Å². The molecule has 1 N–H and O–H groups in total. The molecule has 0 saturated heterocycles. The van der Waals surface area contributed by atoms with E-state index in [1.807, 2.05) is 18.3 Å². The molecule has 0 spiro atoms. The van der Waals surface area contributed by atoms with Gasteiger partial charge in [0.05, 0.1) is 35.5 Å². The summed E-state index contributed by atoms with van der Waals surface area (Å²) in [4.78, 5) is 15.9. The van der Waals surface area contributed by atoms with Gasteiger partial charge in [0, 0.05) is 34.3 Å². The number of carbonyl (C=O) groups excluding carboxylic acids is 1. The van der Waals surface area contributed by atoms with Crippen molar-refractivity contribution in [2.75, 3.05) is 35.5 Å². The number of hydrogen-bond donors (Lipinski definition) is 1. The summed E-state index contributed by atoms with van der Waals surface area (Å²) in [6, 6.07) is 6.97. The van der Waals surface area contributed by atoms with E-state index in [0.29, 0.717) is 34.3 Å². The second kappa shape index (κ2) is 8.60. The second-order valence-corrected chi connectivity index (χ2v) is 6.11. The lowest BCUT2D eigenvalue weighted by atomic mass is 10.1. The van der Waals surface area contributed by atoms with Gasteiger partial charge >= 0.3 is 0 Å². The van der Waals surface area contributed by atoms with Crippen LogP contribution in [0, 0.1) is 0 Å². The minimum atomic E-state index is -0.195. The molecule has 0 fully saturated rings. The Morgan fingerprint density at radius 3 is 1.93 bits per heavy atom. The number of benzene rings is 2. The molecule has 0 radical (unpaired) electrons. The largest absolute Gasteiger partial charge is 0.493 e. The number of fused-ring (bicyclic) bond motifs is 1. The Balaban J connectivity index is 1.95. The van der Waals surface area contributed by atoms with Crippen LogP contribution in [0.5, 0.6) is 28.7 Å². The van der Waals surface area contributed by atoms with Crippen LogP contribution in [0.2, 0.25) is 0 Å². The summed E-state index contributed by atoms with van der Waals surface area (Å²) in [6.07, 6.45) is 5.07. The molecule has 0 atom stereocenters. The van der Waals surface area contributed by atoms with Gasteiger partial charge in [0.2, 0.25) is 5.75 Å². The molecule has 0 saturated carbocycles. The molecule has 0 bridgehead atoms. The fourth-order valence-corrected chi connectivity index (χ4v) is 3.09. The van der Waals surface area contributed by atoms with Gasteiger partial charge in [0.15, 0.2) is 28.8 Å². The summed E-state index contributed by atoms with van der Waals surface area (Å²) in [5, 5.41) is 0.914. The van der Waals surface area contributed by atoms with Crippen LogP contribution in [0.1, 0.15) is 15.9 Å². The van der Waals surface area contributed by atoms with Gasteiger partial charge in [0.25, 0.3) is 0 Å². The van der Waals surface area contributed by atoms with Crippen LogP contribution in [0.25, 0.3) is 17.0 Å². The van der Waals surface area contributed by atoms with E-state index in [2.05, 4.69) is 4.98 Å². The minimum Gasteiger partial charge on any atom is -0.493 e. The number of hydrogen-bond acceptors (Lipinski definition) is 6. The molecule has 1 heterocycles. The quantitative estimate of drug-likeness (QED) is 0.455. The van der Waals surface area contributed by atoms with Gasteiger partial charge in [-0.1, -0.05) is 0 Å². The summed E-state index contributed by atoms with van der Waals surface area (Å²) in [5.74, 6) is 2.34. The number of aromatic amines is 1. The zero-order valence-corrected chi connectivity index (χ0v) is 17.0. The molecule has 7 nitrogen and oxygen atoms in total. The maximum Gasteiger partial charge on any atom is 0.203 e. The van der Waals surface area contributed by atoms with Crippen molar-refractivity contribution in [1.29, 1.82) is 0 Å². The third-order valence-corrected chi connectivity index (χ3v) is 4.58. The Labute approximate surface area is 168 Å². The van der Waals surface area contributed by atoms with E-state index in [0.717, 1.165) is 16.5 Å². The number of aromatic nitrogens is 1. The Hall–Kier alpha value is -3.61. The first-order valence-electron chi connectivity index (χ1n) is 8.81. The van der Waals surface area contributed by atoms with Crippen LogP contribution in [0.15, 0.2) is 36.5 Å². The zero-order chi connectivity index (χ0) is 21.0. The number of H-pyrrole nitrogens is 1. The van der Waals surface area contributed by atoms with E-state index in [1.54, 1.807) is 32.4 Å². The van der Waals surface area contributed by atoms with Crippen molar-refractivity contribution < 1.29 is 28.5 Å². The summed E-state index contributed by atoms with van der Waals surface area (Å²) in [5.41, 5.74) is 2.15. The molecule has 1 aromatic heterocycles. The van der Waals surface area contributed by atoms with Gasteiger partial charge in [0.1, 0.15) is 0 Å². The topological polar surface area (TPSA) is 79.0 Å². The second-order valence-electron chi connectivity index (χ2n) is 6.11. The lowest BCUT2D eigenvalue weighted by Gasteiger charge is -2.13. The Morgan fingerprint density at radius 1 is 0.793 bits per heavy atom. The number of methoxy groups -OCH3 is 5. The van der Waals surface area contributed by atoms with Gasteiger partial charge in [-0.15, -0.1) is 0 Å². The number of rotatable bonds is 8. The molecule has 152 valence electrons. The first-order valence-corrected chi connectivity index (χ1v) is 8.81. The molecule has 3 aromatic rings. The Bertz CT molecular complexity index is 1040. The maximum atomic E-state index is 12.7. The number of ketones is 1. The van der Waals surface area contributed by atoms with Crippen molar-refractivity contribution in [3.8, 4) is 28.7 Å². The van der Waals surface area contributed by atoms with Crippen molar-refractivity contribution >= 4 is 22.8 Å². The third kappa shape index (κ3) is 3.85. The fourth-order valence-electron chi connectivity index (χ4n) is 3.09. The van der Waals surface area contributed by atoms with Gasteiger partial charge in [-0.05, 0) is 30.4 Å². The molecule has 3 rings (SSSR count). The Kier molecular flexibility index (Phi) is 5.97. The molecule has 7 heteroatoms. The predicted molar refractivity (Wildman–Crippen MR) is 111 cm³/mol. The third-order valence-electron chi connectivity index (χ3n) is 4.58. The van der Waals surface area contributed by atoms with E-state index >= 15 is 0 Å². The summed E-state index contributed by atoms with van der Waals surface area (Å²) in [6.45, 7) is 0. The normalized spacial score (nSPS) is 10.9. The van der Waals surface area contributed by atoms with E-state index in [4.69, 9.17) is 23.7 Å². The smallest absolute Gasteiger partial charge is 0.203 e. The predicted octanol–water partition coefficient (Wildman–Crippen LogP) is 4.11. The van der Waals surface area contributed by atoms with Crippen LogP contribution in [0.3, 0.4) is 0 Å². The monoisotopic (exact) mass is 397 g/mol. The fraction of sp³-hybridized carbons (Fsp3) is 0.227. The van der Waals surface area contributed by atoms with E-state index in [-0.39, 0.29) is 5.78 Å². The number of ether oxygens (including phenoxy) is 5. The van der Waals surface area contributed by atoms with Crippen molar-refractivity contribution in [2.24, 2.45) is 0 Å². The number of carbonyl (C=O) groups is 1. The zero-order valence-electron chi connectivity index (χ0n) is 17.0. The molecular weight excluding hydrogens is 374 g/mol. The van der Waals surface area contributed by atoms with Crippen molar-refractivity contribution in [1.82, 2.24) is 4.98 Å². The van der Waals surface area contributed by atoms with Gasteiger partial charge in [-0.2, -0.15) is 0 Å². The van der Waals surface area contributed by atoms with Crippen LogP contribution in [0.4, 0.5) is 0 Å². The first kappa shape index (κ1) is 20.1. The Morgan fingerprint density at radius 2 is 1.38 bits per heavy atom. The molecule has 29 heavy (non-hydrogen) atoms. The minimum absolute atomic E-state index is 0.195. The summed E-state index contributed by atoms with van der Waals surface area (Å²) < 4.78 is 26.6. The standard InChI is InChI=1S/C22H23NO6/c1-25-18-10-15-13(12-23-16(15)11-19(18)26-2)6-7-17(24)14-8-20(27-3)22(29-5)21(9-14)28-4/h6-12,23H,1-5H3.